The molecule has 0 aliphatic heterocycles. The van der Waals surface area contributed by atoms with E-state index in [0.29, 0.717) is 11.3 Å². The number of aliphatic carboxylic acids is 1. The molecule has 30 heavy (non-hydrogen) atoms. The number of carboxylic acid groups (broad SMARTS) is 1. The lowest BCUT2D eigenvalue weighted by atomic mass is 10.2. The summed E-state index contributed by atoms with van der Waals surface area (Å²) in [5, 5.41) is 24.1. The van der Waals surface area contributed by atoms with Gasteiger partial charge in [-0.2, -0.15) is 18.3 Å². The van der Waals surface area contributed by atoms with Gasteiger partial charge < -0.3 is 25.0 Å². The molecule has 172 valence electrons. The summed E-state index contributed by atoms with van der Waals surface area (Å²) >= 11 is 0. The van der Waals surface area contributed by atoms with Crippen molar-refractivity contribution in [2.24, 2.45) is 0 Å². The number of rotatable bonds is 12. The Morgan fingerprint density at radius 1 is 1.37 bits per heavy atom. The van der Waals surface area contributed by atoms with Crippen LogP contribution in [0.4, 0.5) is 18.9 Å². The summed E-state index contributed by atoms with van der Waals surface area (Å²) in [5.41, 5.74) is -3.32. The van der Waals surface area contributed by atoms with E-state index in [1.54, 1.807) is 0 Å². The molecule has 1 rings (SSSR count). The van der Waals surface area contributed by atoms with Gasteiger partial charge in [-0.1, -0.05) is 19.6 Å². The molecule has 9 nitrogen and oxygen atoms in total. The summed E-state index contributed by atoms with van der Waals surface area (Å²) in [6.45, 7) is 7.43. The van der Waals surface area contributed by atoms with Gasteiger partial charge in [-0.25, -0.2) is 4.68 Å². The minimum Gasteiger partial charge on any atom is -0.481 e. The lowest BCUT2D eigenvalue weighted by molar-refractivity contribution is -0.153. The maximum absolute atomic E-state index is 13.5. The lowest BCUT2D eigenvalue weighted by Crippen LogP contribution is -2.35. The monoisotopic (exact) mass is 455 g/mol. The van der Waals surface area contributed by atoms with Crippen molar-refractivity contribution in [2.45, 2.75) is 64.3 Å². The standard InChI is InChI=1S/C17H28F3N3O6Si/c1-11(9-29-14(26)7-13(24)25)22-12-8-21-23(10-28-5-6-30(2,3)4)16(27)15(12)17(18,19)20/h8,11,14,22,26H,5-7,9-10H2,1-4H3,(H,24,25)/t11-,14?/m0/s1. The average molecular weight is 456 g/mol. The Morgan fingerprint density at radius 2 is 2.00 bits per heavy atom. The van der Waals surface area contributed by atoms with Crippen molar-refractivity contribution in [3.8, 4) is 0 Å². The van der Waals surface area contributed by atoms with Gasteiger partial charge in [-0.15, -0.1) is 0 Å². The van der Waals surface area contributed by atoms with Crippen molar-refractivity contribution in [3.63, 3.8) is 0 Å². The molecule has 0 radical (unpaired) electrons. The predicted octanol–water partition coefficient (Wildman–Crippen LogP) is 2.18. The fourth-order valence-electron chi connectivity index (χ4n) is 2.26. The van der Waals surface area contributed by atoms with Gasteiger partial charge in [0.15, 0.2) is 6.29 Å². The number of nitrogens with zero attached hydrogens (tertiary/aromatic N) is 2. The molecule has 0 aliphatic rings. The van der Waals surface area contributed by atoms with Gasteiger partial charge in [-0.05, 0) is 13.0 Å². The van der Waals surface area contributed by atoms with Crippen molar-refractivity contribution in [2.75, 3.05) is 18.5 Å². The van der Waals surface area contributed by atoms with E-state index in [1.807, 2.05) is 0 Å². The molecular weight excluding hydrogens is 427 g/mol. The van der Waals surface area contributed by atoms with Crippen LogP contribution in [0, 0.1) is 0 Å². The minimum atomic E-state index is -4.94. The molecule has 0 saturated heterocycles. The van der Waals surface area contributed by atoms with Crippen LogP contribution in [-0.2, 0) is 27.2 Å². The Labute approximate surface area is 172 Å². The quantitative estimate of drug-likeness (QED) is 0.249. The second kappa shape index (κ2) is 10.9. The van der Waals surface area contributed by atoms with Crippen molar-refractivity contribution >= 4 is 19.7 Å². The number of aromatic nitrogens is 2. The molecular formula is C17H28F3N3O6Si. The van der Waals surface area contributed by atoms with Crippen LogP contribution in [0.3, 0.4) is 0 Å². The maximum Gasteiger partial charge on any atom is 0.423 e. The highest BCUT2D eigenvalue weighted by Crippen LogP contribution is 2.32. The zero-order chi connectivity index (χ0) is 23.1. The second-order valence-electron chi connectivity index (χ2n) is 8.01. The van der Waals surface area contributed by atoms with E-state index in [4.69, 9.17) is 14.6 Å². The van der Waals surface area contributed by atoms with E-state index in [2.05, 4.69) is 30.1 Å². The Balaban J connectivity index is 2.88. The van der Waals surface area contributed by atoms with Gasteiger partial charge in [0.2, 0.25) is 0 Å². The SMILES string of the molecule is C[C@@H](COC(O)CC(=O)O)Nc1cnn(COCC[Si](C)(C)C)c(=O)c1C(F)(F)F. The normalized spacial score (nSPS) is 14.4. The predicted molar refractivity (Wildman–Crippen MR) is 105 cm³/mol. The highest BCUT2D eigenvalue weighted by atomic mass is 28.3. The number of carbonyl (C=O) groups is 1. The van der Waals surface area contributed by atoms with Gasteiger partial charge in [0.1, 0.15) is 12.3 Å². The second-order valence-corrected chi connectivity index (χ2v) is 13.6. The first-order valence-corrected chi connectivity index (χ1v) is 12.9. The number of aliphatic hydroxyl groups is 1. The molecule has 1 heterocycles. The number of hydrogen-bond donors (Lipinski definition) is 3. The fraction of sp³-hybridized carbons (Fsp3) is 0.706. The smallest absolute Gasteiger partial charge is 0.423 e. The van der Waals surface area contributed by atoms with E-state index >= 15 is 0 Å². The third-order valence-electron chi connectivity index (χ3n) is 3.83. The number of carboxylic acids is 1. The molecule has 1 aromatic rings. The molecule has 0 fully saturated rings. The van der Waals surface area contributed by atoms with E-state index < -0.39 is 62.5 Å². The summed E-state index contributed by atoms with van der Waals surface area (Å²) < 4.78 is 51.3. The maximum atomic E-state index is 13.5. The van der Waals surface area contributed by atoms with E-state index in [1.165, 1.54) is 6.92 Å². The number of hydrogen-bond acceptors (Lipinski definition) is 7. The van der Waals surface area contributed by atoms with Gasteiger partial charge in [0.25, 0.3) is 5.56 Å². The topological polar surface area (TPSA) is 123 Å². The first kappa shape index (κ1) is 26.1. The summed E-state index contributed by atoms with van der Waals surface area (Å²) in [6, 6.07) is 0.0123. The van der Waals surface area contributed by atoms with Crippen molar-refractivity contribution in [1.29, 1.82) is 0 Å². The van der Waals surface area contributed by atoms with Gasteiger partial charge in [0.05, 0.1) is 24.9 Å². The van der Waals surface area contributed by atoms with Crippen LogP contribution in [0.15, 0.2) is 11.0 Å². The highest BCUT2D eigenvalue weighted by Gasteiger charge is 2.38. The Kier molecular flexibility index (Phi) is 9.46. The minimum absolute atomic E-state index is 0.297. The first-order valence-electron chi connectivity index (χ1n) is 9.24. The average Bonchev–Trinajstić information content (AvgIpc) is 2.56. The van der Waals surface area contributed by atoms with Gasteiger partial charge >= 0.3 is 12.1 Å². The van der Waals surface area contributed by atoms with E-state index in [0.717, 1.165) is 12.2 Å². The van der Waals surface area contributed by atoms with Crippen LogP contribution in [-0.4, -0.2) is 59.6 Å². The number of anilines is 1. The molecule has 0 aliphatic carbocycles. The Bertz CT molecular complexity index is 767. The molecule has 0 spiro atoms. The number of alkyl halides is 3. The number of aliphatic hydroxyl groups excluding tert-OH is 1. The first-order chi connectivity index (χ1) is 13.7. The molecule has 1 unspecified atom stereocenters. The van der Waals surface area contributed by atoms with Crippen LogP contribution in [0.5, 0.6) is 0 Å². The zero-order valence-electron chi connectivity index (χ0n) is 17.3. The third-order valence-corrected chi connectivity index (χ3v) is 5.53. The summed E-state index contributed by atoms with van der Waals surface area (Å²) in [6.07, 6.45) is -6.34. The number of nitrogens with one attached hydrogen (secondary N) is 1. The lowest BCUT2D eigenvalue weighted by Gasteiger charge is -2.21. The van der Waals surface area contributed by atoms with Crippen molar-refractivity contribution in [1.82, 2.24) is 9.78 Å². The molecule has 0 aromatic carbocycles. The largest absolute Gasteiger partial charge is 0.481 e. The number of ether oxygens (including phenoxy) is 2. The Morgan fingerprint density at radius 3 is 2.53 bits per heavy atom. The van der Waals surface area contributed by atoms with Crippen molar-refractivity contribution in [3.05, 3.63) is 22.1 Å². The third kappa shape index (κ3) is 9.24. The van der Waals surface area contributed by atoms with Crippen molar-refractivity contribution < 1.29 is 37.7 Å². The number of halogens is 3. The summed E-state index contributed by atoms with van der Waals surface area (Å²) in [7, 11) is -1.39. The van der Waals surface area contributed by atoms with E-state index in [-0.39, 0.29) is 6.61 Å². The van der Waals surface area contributed by atoms with Crippen LogP contribution < -0.4 is 10.9 Å². The van der Waals surface area contributed by atoms with Crippen LogP contribution in [0.25, 0.3) is 0 Å². The molecule has 0 saturated carbocycles. The van der Waals surface area contributed by atoms with Crippen LogP contribution in [0.2, 0.25) is 25.7 Å². The van der Waals surface area contributed by atoms with Crippen LogP contribution >= 0.6 is 0 Å². The molecule has 0 bridgehead atoms. The molecule has 3 N–H and O–H groups in total. The Hall–Kier alpha value is -1.96. The van der Waals surface area contributed by atoms with Gasteiger partial charge in [-0.3, -0.25) is 9.59 Å². The molecule has 2 atom stereocenters. The molecule has 0 amide bonds. The molecule has 13 heteroatoms. The van der Waals surface area contributed by atoms with Crippen LogP contribution in [0.1, 0.15) is 18.9 Å². The molecule has 1 aromatic heterocycles. The highest BCUT2D eigenvalue weighted by molar-refractivity contribution is 6.76. The summed E-state index contributed by atoms with van der Waals surface area (Å²) in [5.74, 6) is -1.29. The summed E-state index contributed by atoms with van der Waals surface area (Å²) in [4.78, 5) is 22.8. The van der Waals surface area contributed by atoms with E-state index in [9.17, 15) is 27.9 Å². The fourth-order valence-corrected chi connectivity index (χ4v) is 3.02. The zero-order valence-corrected chi connectivity index (χ0v) is 18.3. The van der Waals surface area contributed by atoms with Gasteiger partial charge in [0, 0.05) is 20.7 Å².